The van der Waals surface area contributed by atoms with Gasteiger partial charge in [0, 0.05) is 41.5 Å². The first kappa shape index (κ1) is 34.5. The van der Waals surface area contributed by atoms with Crippen molar-refractivity contribution in [3.8, 4) is 0 Å². The van der Waals surface area contributed by atoms with Gasteiger partial charge in [-0.25, -0.2) is 0 Å². The molecule has 0 rings (SSSR count). The second kappa shape index (κ2) is 19.3. The summed E-state index contributed by atoms with van der Waals surface area (Å²) < 4.78 is 26.1. The van der Waals surface area contributed by atoms with E-state index in [1.807, 2.05) is 0 Å². The largest absolute Gasteiger partial charge is 1.00 e. The Bertz CT molecular complexity index is 433. The molecule has 0 N–H and O–H groups in total. The predicted molar refractivity (Wildman–Crippen MR) is 82.1 cm³/mol. The fourth-order valence-electron chi connectivity index (χ4n) is 0.957. The van der Waals surface area contributed by atoms with Crippen molar-refractivity contribution < 1.29 is 116 Å². The minimum Gasteiger partial charge on any atom is -0.642 e. The first-order valence-corrected chi connectivity index (χ1v) is 6.86. The predicted octanol–water partition coefficient (Wildman–Crippen LogP) is -6.67. The van der Waals surface area contributed by atoms with Crippen LogP contribution < -0.4 is 59.1 Å². The zero-order valence-electron chi connectivity index (χ0n) is 17.1. The van der Waals surface area contributed by atoms with Gasteiger partial charge in [0.25, 0.3) is 35.8 Å². The molecule has 0 unspecified atom stereocenters. The van der Waals surface area contributed by atoms with Crippen molar-refractivity contribution in [3.63, 3.8) is 0 Å². The molecule has 16 heteroatoms. The zero-order valence-corrected chi connectivity index (χ0v) is 21.1. The maximum atomic E-state index is 10.4. The fraction of sp³-hybridized carbons (Fsp3) is 0.500. The Kier molecular flexibility index (Phi) is 23.7. The molecule has 12 nitrogen and oxygen atoms in total. The minimum absolute atomic E-state index is 0. The third kappa shape index (κ3) is 27.2. The first-order chi connectivity index (χ1) is 11.8. The number of carbonyl (C=O) groups is 6. The van der Waals surface area contributed by atoms with Crippen LogP contribution in [0.1, 0.15) is 41.5 Å². The maximum absolute atomic E-state index is 10.4. The number of hydrogen-bond donors (Lipinski definition) is 0. The smallest absolute Gasteiger partial charge is 0.642 e. The van der Waals surface area contributed by atoms with Crippen LogP contribution in [-0.2, 0) is 56.7 Å². The van der Waals surface area contributed by atoms with Gasteiger partial charge in [0.2, 0.25) is 0 Å². The van der Waals surface area contributed by atoms with E-state index in [0.717, 1.165) is 41.5 Å². The Hall–Kier alpha value is -1.05. The third-order valence-corrected chi connectivity index (χ3v) is 1.57. The van der Waals surface area contributed by atoms with Gasteiger partial charge in [-0.2, -0.15) is 0 Å². The molecule has 0 aromatic carbocycles. The first-order valence-electron chi connectivity index (χ1n) is 6.86. The molecule has 0 saturated carbocycles. The molecular formula is C12H18B2Na2O12. The number of carbonyl (C=O) groups excluding carboxylic acids is 6. The van der Waals surface area contributed by atoms with Gasteiger partial charge in [-0.1, -0.05) is 0 Å². The second-order valence-electron chi connectivity index (χ2n) is 4.23. The van der Waals surface area contributed by atoms with Crippen LogP contribution >= 0.6 is 0 Å². The molecule has 0 atom stereocenters. The molecule has 0 aliphatic carbocycles. The van der Waals surface area contributed by atoms with E-state index in [1.54, 1.807) is 0 Å². The SMILES string of the molecule is CC(=O)O[B-](OC(C)=O)OC(C)=O.CC(=O)O[B-](OC(C)=O)OC(C)=O.[Na+].[Na+]. The van der Waals surface area contributed by atoms with Crippen molar-refractivity contribution >= 4 is 50.5 Å². The minimum atomic E-state index is -1.59. The zero-order chi connectivity index (χ0) is 20.9. The van der Waals surface area contributed by atoms with Crippen LogP contribution in [0.15, 0.2) is 0 Å². The molecule has 28 heavy (non-hydrogen) atoms. The molecule has 0 aliphatic heterocycles. The Labute approximate surface area is 206 Å². The van der Waals surface area contributed by atoms with E-state index in [1.165, 1.54) is 0 Å². The summed E-state index contributed by atoms with van der Waals surface area (Å²) in [6, 6.07) is 0. The quantitative estimate of drug-likeness (QED) is 0.374. The molecule has 0 bridgehead atoms. The van der Waals surface area contributed by atoms with Crippen molar-refractivity contribution in [2.45, 2.75) is 41.5 Å². The molecular weight excluding hydrogens is 404 g/mol. The summed E-state index contributed by atoms with van der Waals surface area (Å²) in [6.45, 7) is 6.58. The average molecular weight is 422 g/mol. The second-order valence-corrected chi connectivity index (χ2v) is 4.23. The van der Waals surface area contributed by atoms with Gasteiger partial charge in [0.05, 0.1) is 0 Å². The summed E-state index contributed by atoms with van der Waals surface area (Å²) in [4.78, 5) is 62.5. The van der Waals surface area contributed by atoms with E-state index in [4.69, 9.17) is 0 Å². The monoisotopic (exact) mass is 422 g/mol. The fourth-order valence-corrected chi connectivity index (χ4v) is 0.957. The van der Waals surface area contributed by atoms with Crippen LogP contribution in [0, 0.1) is 0 Å². The number of hydrogen-bond acceptors (Lipinski definition) is 12. The van der Waals surface area contributed by atoms with Crippen LogP contribution in [0.3, 0.4) is 0 Å². The molecule has 0 aliphatic rings. The Morgan fingerprint density at radius 2 is 0.500 bits per heavy atom. The van der Waals surface area contributed by atoms with Crippen molar-refractivity contribution in [1.82, 2.24) is 0 Å². The van der Waals surface area contributed by atoms with Gasteiger partial charge in [-0.05, 0) is 0 Å². The summed E-state index contributed by atoms with van der Waals surface area (Å²) in [7, 11) is -3.18. The van der Waals surface area contributed by atoms with Crippen molar-refractivity contribution in [3.05, 3.63) is 0 Å². The Morgan fingerprint density at radius 1 is 0.393 bits per heavy atom. The van der Waals surface area contributed by atoms with Crippen molar-refractivity contribution in [1.29, 1.82) is 0 Å². The summed E-state index contributed by atoms with van der Waals surface area (Å²) in [5.41, 5.74) is 0. The topological polar surface area (TPSA) is 158 Å². The summed E-state index contributed by atoms with van der Waals surface area (Å²) in [5.74, 6) is -4.29. The van der Waals surface area contributed by atoms with Crippen LogP contribution in [-0.4, -0.2) is 50.5 Å². The summed E-state index contributed by atoms with van der Waals surface area (Å²) in [5, 5.41) is 0. The molecule has 146 valence electrons. The van der Waals surface area contributed by atoms with Gasteiger partial charge in [0.15, 0.2) is 0 Å². The summed E-state index contributed by atoms with van der Waals surface area (Å²) >= 11 is 0. The maximum Gasteiger partial charge on any atom is 1.00 e. The Morgan fingerprint density at radius 3 is 0.571 bits per heavy atom. The van der Waals surface area contributed by atoms with E-state index in [-0.39, 0.29) is 59.1 Å². The van der Waals surface area contributed by atoms with E-state index in [0.29, 0.717) is 0 Å². The standard InChI is InChI=1S/2C6H9BO6.2Na/c2*1-4(8)11-7(12-5(2)9)13-6(3)10;;/h2*1-3H3;;/q2*-1;2*+1. The molecule has 2 radical (unpaired) electrons. The Balaban J connectivity index is -0.000000192. The molecule has 0 amide bonds. The normalized spacial score (nSPS) is 8.57. The molecule has 0 heterocycles. The van der Waals surface area contributed by atoms with E-state index >= 15 is 0 Å². The molecule has 0 spiro atoms. The van der Waals surface area contributed by atoms with Gasteiger partial charge in [-0.15, -0.1) is 0 Å². The molecule has 0 fully saturated rings. The van der Waals surface area contributed by atoms with Crippen LogP contribution in [0.4, 0.5) is 0 Å². The van der Waals surface area contributed by atoms with Crippen molar-refractivity contribution in [2.75, 3.05) is 0 Å². The molecule has 0 aromatic rings. The molecule has 0 aromatic heterocycles. The summed E-state index contributed by atoms with van der Waals surface area (Å²) in [6.07, 6.45) is 0. The van der Waals surface area contributed by atoms with E-state index in [9.17, 15) is 28.8 Å². The van der Waals surface area contributed by atoms with E-state index in [2.05, 4.69) is 27.9 Å². The van der Waals surface area contributed by atoms with Gasteiger partial charge < -0.3 is 27.9 Å². The third-order valence-electron chi connectivity index (χ3n) is 1.57. The van der Waals surface area contributed by atoms with E-state index < -0.39 is 50.5 Å². The van der Waals surface area contributed by atoms with Crippen LogP contribution in [0.25, 0.3) is 0 Å². The average Bonchev–Trinajstić information content (AvgIpc) is 2.33. The van der Waals surface area contributed by atoms with Gasteiger partial charge in [-0.3, -0.25) is 28.8 Å². The van der Waals surface area contributed by atoms with Gasteiger partial charge in [0.1, 0.15) is 0 Å². The van der Waals surface area contributed by atoms with Crippen molar-refractivity contribution in [2.24, 2.45) is 0 Å². The molecule has 0 saturated heterocycles. The van der Waals surface area contributed by atoms with Gasteiger partial charge >= 0.3 is 73.8 Å². The van der Waals surface area contributed by atoms with Crippen LogP contribution in [0.5, 0.6) is 0 Å². The van der Waals surface area contributed by atoms with Crippen LogP contribution in [0.2, 0.25) is 0 Å². The number of rotatable bonds is 6.